The summed E-state index contributed by atoms with van der Waals surface area (Å²) in [7, 11) is 0. The van der Waals surface area contributed by atoms with E-state index >= 15 is 0 Å². The molecular weight excluding hydrogens is 280 g/mol. The number of rotatable bonds is 3. The number of benzene rings is 1. The van der Waals surface area contributed by atoms with Gasteiger partial charge in [0.05, 0.1) is 6.04 Å². The van der Waals surface area contributed by atoms with E-state index in [4.69, 9.17) is 16.6 Å². The van der Waals surface area contributed by atoms with Gasteiger partial charge in [0.2, 0.25) is 0 Å². The minimum absolute atomic E-state index is 0.455. The van der Waals surface area contributed by atoms with Crippen LogP contribution in [0, 0.1) is 11.8 Å². The molecular formula is C18H25ClN2. The molecule has 0 aromatic heterocycles. The zero-order valence-corrected chi connectivity index (χ0v) is 13.8. The number of piperidine rings is 1. The minimum atomic E-state index is 0.455. The molecule has 0 saturated carbocycles. The van der Waals surface area contributed by atoms with Crippen molar-refractivity contribution in [3.8, 4) is 0 Å². The molecule has 2 aliphatic heterocycles. The van der Waals surface area contributed by atoms with Gasteiger partial charge in [-0.3, -0.25) is 9.89 Å². The van der Waals surface area contributed by atoms with Gasteiger partial charge in [0.25, 0.3) is 0 Å². The summed E-state index contributed by atoms with van der Waals surface area (Å²) in [6.07, 6.45) is 5.99. The van der Waals surface area contributed by atoms with Gasteiger partial charge in [-0.25, -0.2) is 0 Å². The van der Waals surface area contributed by atoms with Crippen LogP contribution in [-0.2, 0) is 0 Å². The summed E-state index contributed by atoms with van der Waals surface area (Å²) in [6.45, 7) is 7.23. The Morgan fingerprint density at radius 3 is 2.67 bits per heavy atom. The molecule has 2 aliphatic rings. The zero-order valence-electron chi connectivity index (χ0n) is 13.0. The van der Waals surface area contributed by atoms with E-state index in [1.807, 2.05) is 24.3 Å². The second-order valence-electron chi connectivity index (χ2n) is 6.76. The second-order valence-corrected chi connectivity index (χ2v) is 7.20. The lowest BCUT2D eigenvalue weighted by atomic mass is 9.79. The van der Waals surface area contributed by atoms with Crippen molar-refractivity contribution < 1.29 is 0 Å². The van der Waals surface area contributed by atoms with Gasteiger partial charge in [-0.2, -0.15) is 0 Å². The Kier molecular flexibility index (Phi) is 4.66. The number of halogens is 1. The van der Waals surface area contributed by atoms with Crippen molar-refractivity contribution in [2.75, 3.05) is 13.1 Å². The molecule has 1 aromatic rings. The van der Waals surface area contributed by atoms with Crippen LogP contribution in [0.1, 0.15) is 38.7 Å². The summed E-state index contributed by atoms with van der Waals surface area (Å²) in [5.41, 5.74) is 1.15. The molecule has 2 saturated heterocycles. The van der Waals surface area contributed by atoms with Gasteiger partial charge >= 0.3 is 0 Å². The van der Waals surface area contributed by atoms with E-state index in [2.05, 4.69) is 25.0 Å². The lowest BCUT2D eigenvalue weighted by Crippen LogP contribution is -2.49. The van der Waals surface area contributed by atoms with Crippen molar-refractivity contribution in [2.45, 2.75) is 45.2 Å². The normalized spacial score (nSPS) is 30.2. The molecule has 114 valence electrons. The van der Waals surface area contributed by atoms with E-state index in [1.54, 1.807) is 0 Å². The maximum Gasteiger partial charge on any atom is 0.0686 e. The van der Waals surface area contributed by atoms with Crippen LogP contribution in [0.5, 0.6) is 0 Å². The maximum absolute atomic E-state index is 5.95. The summed E-state index contributed by atoms with van der Waals surface area (Å²) in [4.78, 5) is 7.67. The molecule has 0 spiro atoms. The molecule has 21 heavy (non-hydrogen) atoms. The Morgan fingerprint density at radius 2 is 1.95 bits per heavy atom. The van der Waals surface area contributed by atoms with Crippen LogP contribution in [0.25, 0.3) is 0 Å². The lowest BCUT2D eigenvalue weighted by molar-refractivity contribution is 0.103. The van der Waals surface area contributed by atoms with Crippen LogP contribution in [0.4, 0.5) is 0 Å². The third kappa shape index (κ3) is 3.32. The van der Waals surface area contributed by atoms with Gasteiger partial charge in [-0.1, -0.05) is 37.6 Å². The molecule has 3 atom stereocenters. The highest BCUT2D eigenvalue weighted by atomic mass is 35.5. The number of aliphatic imine (C=N–C) groups is 1. The van der Waals surface area contributed by atoms with Crippen LogP contribution in [-0.4, -0.2) is 36.3 Å². The summed E-state index contributed by atoms with van der Waals surface area (Å²) >= 11 is 5.95. The van der Waals surface area contributed by atoms with Gasteiger partial charge in [0, 0.05) is 17.3 Å². The van der Waals surface area contributed by atoms with E-state index < -0.39 is 0 Å². The lowest BCUT2D eigenvalue weighted by Gasteiger charge is -2.42. The highest BCUT2D eigenvalue weighted by molar-refractivity contribution is 6.30. The van der Waals surface area contributed by atoms with Crippen LogP contribution in [0.15, 0.2) is 29.3 Å². The smallest absolute Gasteiger partial charge is 0.0686 e. The maximum atomic E-state index is 5.95. The minimum Gasteiger partial charge on any atom is -0.298 e. The first-order chi connectivity index (χ1) is 10.1. The molecule has 0 unspecified atom stereocenters. The molecule has 2 nitrogen and oxygen atoms in total. The predicted molar refractivity (Wildman–Crippen MR) is 90.4 cm³/mol. The summed E-state index contributed by atoms with van der Waals surface area (Å²) in [6, 6.07) is 9.08. The predicted octanol–water partition coefficient (Wildman–Crippen LogP) is 4.27. The fraction of sp³-hybridized carbons (Fsp3) is 0.611. The molecule has 2 heterocycles. The largest absolute Gasteiger partial charge is 0.298 e. The molecule has 3 rings (SSSR count). The molecule has 0 N–H and O–H groups in total. The van der Waals surface area contributed by atoms with Crippen LogP contribution < -0.4 is 0 Å². The quantitative estimate of drug-likeness (QED) is 0.762. The van der Waals surface area contributed by atoms with E-state index in [0.29, 0.717) is 23.9 Å². The third-order valence-electron chi connectivity index (χ3n) is 5.12. The third-order valence-corrected chi connectivity index (χ3v) is 5.37. The van der Waals surface area contributed by atoms with Gasteiger partial charge in [0.1, 0.15) is 0 Å². The van der Waals surface area contributed by atoms with Gasteiger partial charge in [-0.05, 0) is 61.9 Å². The van der Waals surface area contributed by atoms with Crippen molar-refractivity contribution in [1.82, 2.24) is 4.90 Å². The number of hydrogen-bond donors (Lipinski definition) is 0. The second kappa shape index (κ2) is 6.50. The van der Waals surface area contributed by atoms with Crippen molar-refractivity contribution in [2.24, 2.45) is 16.8 Å². The van der Waals surface area contributed by atoms with Gasteiger partial charge < -0.3 is 0 Å². The summed E-state index contributed by atoms with van der Waals surface area (Å²) in [5, 5.41) is 0.784. The van der Waals surface area contributed by atoms with Crippen LogP contribution in [0.2, 0.25) is 5.02 Å². The standard InChI is InChI=1S/C18H25ClN2/c1-13(2)16-9-11-21-10-3-4-17(21)18(16)20-12-14-5-7-15(19)8-6-14/h5-8,12-13,16-18H,3-4,9-11H2,1-2H3/t16-,17+,18-/m1/s1. The van der Waals surface area contributed by atoms with Crippen molar-refractivity contribution in [1.29, 1.82) is 0 Å². The Hall–Kier alpha value is -0.860. The average molecular weight is 305 g/mol. The summed E-state index contributed by atoms with van der Waals surface area (Å²) < 4.78 is 0. The number of hydrogen-bond acceptors (Lipinski definition) is 2. The molecule has 0 amide bonds. The van der Waals surface area contributed by atoms with Crippen molar-refractivity contribution in [3.63, 3.8) is 0 Å². The molecule has 1 aromatic carbocycles. The number of fused-ring (bicyclic) bond motifs is 1. The molecule has 0 aliphatic carbocycles. The van der Waals surface area contributed by atoms with E-state index in [1.165, 1.54) is 32.4 Å². The average Bonchev–Trinajstić information content (AvgIpc) is 2.94. The Morgan fingerprint density at radius 1 is 1.19 bits per heavy atom. The molecule has 0 radical (unpaired) electrons. The molecule has 3 heteroatoms. The van der Waals surface area contributed by atoms with Crippen LogP contribution >= 0.6 is 11.6 Å². The summed E-state index contributed by atoms with van der Waals surface area (Å²) in [5.74, 6) is 1.42. The van der Waals surface area contributed by atoms with Crippen LogP contribution in [0.3, 0.4) is 0 Å². The molecule has 2 fully saturated rings. The van der Waals surface area contributed by atoms with E-state index in [-0.39, 0.29) is 0 Å². The SMILES string of the molecule is CC(C)[C@H]1CCN2CCC[C@H]2[C@@H]1N=Cc1ccc(Cl)cc1. The number of nitrogens with zero attached hydrogens (tertiary/aromatic N) is 2. The first-order valence-electron chi connectivity index (χ1n) is 8.18. The first kappa shape index (κ1) is 15.1. The highest BCUT2D eigenvalue weighted by Gasteiger charge is 2.40. The zero-order chi connectivity index (χ0) is 14.8. The van der Waals surface area contributed by atoms with Gasteiger partial charge in [0.15, 0.2) is 0 Å². The Balaban J connectivity index is 1.79. The van der Waals surface area contributed by atoms with E-state index in [0.717, 1.165) is 10.6 Å². The monoisotopic (exact) mass is 304 g/mol. The molecule has 0 bridgehead atoms. The Bertz CT molecular complexity index is 492. The van der Waals surface area contributed by atoms with Crippen molar-refractivity contribution in [3.05, 3.63) is 34.9 Å². The fourth-order valence-electron chi connectivity index (χ4n) is 3.95. The fourth-order valence-corrected chi connectivity index (χ4v) is 4.07. The topological polar surface area (TPSA) is 15.6 Å². The van der Waals surface area contributed by atoms with Crippen molar-refractivity contribution >= 4 is 17.8 Å². The first-order valence-corrected chi connectivity index (χ1v) is 8.56. The highest BCUT2D eigenvalue weighted by Crippen LogP contribution is 2.36. The van der Waals surface area contributed by atoms with Gasteiger partial charge in [-0.15, -0.1) is 0 Å². The van der Waals surface area contributed by atoms with E-state index in [9.17, 15) is 0 Å². The Labute approximate surface area is 133 Å².